The van der Waals surface area contributed by atoms with Gasteiger partial charge in [-0.1, -0.05) is 12.1 Å². The van der Waals surface area contributed by atoms with Crippen molar-refractivity contribution < 1.29 is 9.18 Å². The molecular formula is C28H29FN6O. The number of hydrogen-bond acceptors (Lipinski definition) is 3. The van der Waals surface area contributed by atoms with Gasteiger partial charge in [0.1, 0.15) is 5.82 Å². The fourth-order valence-electron chi connectivity index (χ4n) is 5.26. The van der Waals surface area contributed by atoms with Crippen LogP contribution < -0.4 is 5.32 Å². The summed E-state index contributed by atoms with van der Waals surface area (Å²) in [6.45, 7) is 4.96. The number of carbonyl (C=O) groups is 1. The normalized spacial score (nSPS) is 16.6. The lowest BCUT2D eigenvalue weighted by Crippen LogP contribution is -2.38. The fraction of sp³-hybridized carbons (Fsp3) is 0.286. The smallest absolute Gasteiger partial charge is 0.317 e. The lowest BCUT2D eigenvalue weighted by atomic mass is 9.97. The van der Waals surface area contributed by atoms with Gasteiger partial charge in [-0.25, -0.2) is 9.18 Å². The summed E-state index contributed by atoms with van der Waals surface area (Å²) in [4.78, 5) is 16.1. The SMILES string of the molecule is Cn1nccc1-c1ccc2c(c1)c(C1=CCN(CCN3CCNC3=O)CC1)cn2-c1ccc(F)cc1. The van der Waals surface area contributed by atoms with E-state index in [0.29, 0.717) is 0 Å². The Morgan fingerprint density at radius 1 is 1.06 bits per heavy atom. The Morgan fingerprint density at radius 3 is 2.61 bits per heavy atom. The van der Waals surface area contributed by atoms with E-state index in [1.54, 1.807) is 0 Å². The van der Waals surface area contributed by atoms with Gasteiger partial charge in [0.25, 0.3) is 0 Å². The third-order valence-corrected chi connectivity index (χ3v) is 7.30. The first-order chi connectivity index (χ1) is 17.6. The van der Waals surface area contributed by atoms with E-state index in [1.807, 2.05) is 41.0 Å². The van der Waals surface area contributed by atoms with E-state index in [1.165, 1.54) is 28.7 Å². The Kier molecular flexibility index (Phi) is 5.81. The van der Waals surface area contributed by atoms with Crippen molar-refractivity contribution >= 4 is 22.5 Å². The minimum Gasteiger partial charge on any atom is -0.336 e. The molecule has 0 atom stereocenters. The molecule has 1 N–H and O–H groups in total. The van der Waals surface area contributed by atoms with Crippen LogP contribution >= 0.6 is 0 Å². The summed E-state index contributed by atoms with van der Waals surface area (Å²) in [6.07, 6.45) is 7.24. The van der Waals surface area contributed by atoms with Crippen molar-refractivity contribution in [2.75, 3.05) is 39.3 Å². The van der Waals surface area contributed by atoms with Crippen molar-refractivity contribution in [2.24, 2.45) is 7.05 Å². The van der Waals surface area contributed by atoms with Gasteiger partial charge >= 0.3 is 6.03 Å². The zero-order chi connectivity index (χ0) is 24.6. The molecule has 2 aliphatic rings. The second-order valence-electron chi connectivity index (χ2n) is 9.46. The van der Waals surface area contributed by atoms with Crippen LogP contribution in [-0.2, 0) is 7.05 Å². The number of rotatable bonds is 6. The molecule has 0 bridgehead atoms. The summed E-state index contributed by atoms with van der Waals surface area (Å²) in [5, 5.41) is 8.38. The van der Waals surface area contributed by atoms with Crippen LogP contribution in [-0.4, -0.2) is 69.4 Å². The highest BCUT2D eigenvalue weighted by molar-refractivity contribution is 5.96. The largest absolute Gasteiger partial charge is 0.336 e. The Labute approximate surface area is 209 Å². The number of fused-ring (bicyclic) bond motifs is 1. The molecule has 184 valence electrons. The first-order valence-corrected chi connectivity index (χ1v) is 12.4. The summed E-state index contributed by atoms with van der Waals surface area (Å²) in [6, 6.07) is 15.2. The molecule has 1 fully saturated rings. The molecule has 0 saturated carbocycles. The van der Waals surface area contributed by atoms with Gasteiger partial charge in [0, 0.05) is 80.9 Å². The zero-order valence-corrected chi connectivity index (χ0v) is 20.3. The molecule has 8 heteroatoms. The minimum atomic E-state index is -0.240. The minimum absolute atomic E-state index is 0.0427. The van der Waals surface area contributed by atoms with Crippen molar-refractivity contribution in [3.63, 3.8) is 0 Å². The zero-order valence-electron chi connectivity index (χ0n) is 20.3. The molecule has 2 amide bonds. The fourth-order valence-corrected chi connectivity index (χ4v) is 5.26. The topological polar surface area (TPSA) is 58.3 Å². The summed E-state index contributed by atoms with van der Waals surface area (Å²) >= 11 is 0. The number of urea groups is 1. The van der Waals surface area contributed by atoms with Gasteiger partial charge in [-0.3, -0.25) is 9.58 Å². The first-order valence-electron chi connectivity index (χ1n) is 12.4. The van der Waals surface area contributed by atoms with E-state index in [4.69, 9.17) is 0 Å². The molecule has 2 aromatic carbocycles. The van der Waals surface area contributed by atoms with Crippen molar-refractivity contribution in [1.82, 2.24) is 29.5 Å². The van der Waals surface area contributed by atoms with Gasteiger partial charge in [0.15, 0.2) is 0 Å². The van der Waals surface area contributed by atoms with Gasteiger partial charge in [0.2, 0.25) is 0 Å². The molecular weight excluding hydrogens is 455 g/mol. The standard InChI is InChI=1S/C28H29FN6O/c1-32-26(8-11-31-32)21-2-7-27-24(18-21)25(19-35(27)23-5-3-22(29)4-6-23)20-9-13-33(14-10-20)16-17-34-15-12-30-28(34)36/h2-9,11,18-19H,10,12-17H2,1H3,(H,30,36). The number of benzene rings is 2. The summed E-state index contributed by atoms with van der Waals surface area (Å²) in [5.74, 6) is -0.240. The van der Waals surface area contributed by atoms with E-state index in [2.05, 4.69) is 50.4 Å². The molecule has 36 heavy (non-hydrogen) atoms. The maximum absolute atomic E-state index is 13.6. The number of halogens is 1. The van der Waals surface area contributed by atoms with E-state index < -0.39 is 0 Å². The van der Waals surface area contributed by atoms with Crippen LogP contribution in [0.5, 0.6) is 0 Å². The average molecular weight is 485 g/mol. The maximum Gasteiger partial charge on any atom is 0.317 e. The third-order valence-electron chi connectivity index (χ3n) is 7.30. The van der Waals surface area contributed by atoms with Gasteiger partial charge in [-0.2, -0.15) is 5.10 Å². The monoisotopic (exact) mass is 484 g/mol. The number of aryl methyl sites for hydroxylation is 1. The molecule has 7 nitrogen and oxygen atoms in total. The quantitative estimate of drug-likeness (QED) is 0.444. The van der Waals surface area contributed by atoms with Crippen LogP contribution in [0.2, 0.25) is 0 Å². The number of aromatic nitrogens is 3. The van der Waals surface area contributed by atoms with Gasteiger partial charge in [-0.15, -0.1) is 0 Å². The number of carbonyl (C=O) groups excluding carboxylic acids is 1. The van der Waals surface area contributed by atoms with Crippen molar-refractivity contribution in [1.29, 1.82) is 0 Å². The molecule has 2 aliphatic heterocycles. The van der Waals surface area contributed by atoms with Crippen molar-refractivity contribution in [3.8, 4) is 16.9 Å². The maximum atomic E-state index is 13.6. The second kappa shape index (κ2) is 9.28. The molecule has 0 radical (unpaired) electrons. The highest BCUT2D eigenvalue weighted by Crippen LogP contribution is 2.35. The predicted octanol–water partition coefficient (Wildman–Crippen LogP) is 4.28. The highest BCUT2D eigenvalue weighted by atomic mass is 19.1. The first kappa shape index (κ1) is 22.5. The summed E-state index contributed by atoms with van der Waals surface area (Å²) in [5.41, 5.74) is 6.72. The van der Waals surface area contributed by atoms with Crippen LogP contribution in [0.3, 0.4) is 0 Å². The molecule has 0 spiro atoms. The van der Waals surface area contributed by atoms with Crippen molar-refractivity contribution in [3.05, 3.63) is 78.4 Å². The van der Waals surface area contributed by atoms with E-state index in [9.17, 15) is 9.18 Å². The summed E-state index contributed by atoms with van der Waals surface area (Å²) in [7, 11) is 1.95. The third kappa shape index (κ3) is 4.18. The number of amides is 2. The molecule has 0 unspecified atom stereocenters. The Balaban J connectivity index is 1.33. The molecule has 4 heterocycles. The Hall–Kier alpha value is -3.91. The molecule has 0 aliphatic carbocycles. The van der Waals surface area contributed by atoms with Gasteiger partial charge in [-0.05, 0) is 54.5 Å². The Bertz CT molecular complexity index is 1450. The Morgan fingerprint density at radius 2 is 1.92 bits per heavy atom. The number of hydrogen-bond donors (Lipinski definition) is 1. The van der Waals surface area contributed by atoms with Crippen LogP contribution in [0.25, 0.3) is 33.4 Å². The molecule has 1 saturated heterocycles. The van der Waals surface area contributed by atoms with Crippen LogP contribution in [0.1, 0.15) is 12.0 Å². The van der Waals surface area contributed by atoms with Crippen LogP contribution in [0, 0.1) is 5.82 Å². The van der Waals surface area contributed by atoms with E-state index >= 15 is 0 Å². The molecule has 4 aromatic rings. The molecule has 6 rings (SSSR count). The molecule has 2 aromatic heterocycles. The van der Waals surface area contributed by atoms with E-state index in [-0.39, 0.29) is 11.8 Å². The lowest BCUT2D eigenvalue weighted by Gasteiger charge is -2.28. The van der Waals surface area contributed by atoms with E-state index in [0.717, 1.165) is 68.2 Å². The number of nitrogens with zero attached hydrogens (tertiary/aromatic N) is 5. The van der Waals surface area contributed by atoms with Crippen molar-refractivity contribution in [2.45, 2.75) is 6.42 Å². The average Bonchev–Trinajstić information content (AvgIpc) is 3.61. The predicted molar refractivity (Wildman–Crippen MR) is 139 cm³/mol. The van der Waals surface area contributed by atoms with Crippen LogP contribution in [0.15, 0.2) is 67.0 Å². The second-order valence-corrected chi connectivity index (χ2v) is 9.46. The summed E-state index contributed by atoms with van der Waals surface area (Å²) < 4.78 is 17.7. The lowest BCUT2D eigenvalue weighted by molar-refractivity contribution is 0.205. The van der Waals surface area contributed by atoms with Crippen LogP contribution in [0.4, 0.5) is 9.18 Å². The highest BCUT2D eigenvalue weighted by Gasteiger charge is 2.22. The number of nitrogens with one attached hydrogen (secondary N) is 1. The van der Waals surface area contributed by atoms with Gasteiger partial charge in [0.05, 0.1) is 11.2 Å². The van der Waals surface area contributed by atoms with Gasteiger partial charge < -0.3 is 14.8 Å².